The van der Waals surface area contributed by atoms with E-state index in [1.54, 1.807) is 0 Å². The highest BCUT2D eigenvalue weighted by Gasteiger charge is 2.24. The van der Waals surface area contributed by atoms with Crippen molar-refractivity contribution in [3.05, 3.63) is 0 Å². The first-order valence-corrected chi connectivity index (χ1v) is 4.00. The number of carbonyl (C=O) groups excluding carboxylic acids is 1. The summed E-state index contributed by atoms with van der Waals surface area (Å²) in [7, 11) is 1.30. The van der Waals surface area contributed by atoms with Crippen LogP contribution in [0.4, 0.5) is 0 Å². The third-order valence-corrected chi connectivity index (χ3v) is 2.25. The number of hydrogen-bond acceptors (Lipinski definition) is 3. The van der Waals surface area contributed by atoms with E-state index < -0.39 is 12.1 Å². The van der Waals surface area contributed by atoms with Gasteiger partial charge in [0.15, 0.2) is 6.10 Å². The first-order chi connectivity index (χ1) is 5.24. The Morgan fingerprint density at radius 2 is 2.36 bits per heavy atom. The van der Waals surface area contributed by atoms with Gasteiger partial charge in [-0.05, 0) is 12.3 Å². The lowest BCUT2D eigenvalue weighted by atomic mass is 9.81. The Labute approximate surface area is 66.4 Å². The Kier molecular flexibility index (Phi) is 2.88. The molecule has 0 aromatic carbocycles. The molecule has 1 aliphatic rings. The van der Waals surface area contributed by atoms with E-state index in [2.05, 4.69) is 4.74 Å². The monoisotopic (exact) mass is 158 g/mol. The Hall–Kier alpha value is -0.570. The number of hydrogen-bond donors (Lipinski definition) is 1. The third-order valence-electron chi connectivity index (χ3n) is 2.25. The average Bonchev–Trinajstić information content (AvgIpc) is 1.94. The molecular formula is C8H14O3. The van der Waals surface area contributed by atoms with Gasteiger partial charge in [0.25, 0.3) is 0 Å². The molecule has 11 heavy (non-hydrogen) atoms. The molecule has 3 nitrogen and oxygen atoms in total. The topological polar surface area (TPSA) is 46.5 Å². The highest BCUT2D eigenvalue weighted by molar-refractivity contribution is 5.74. The molecule has 0 unspecified atom stereocenters. The van der Waals surface area contributed by atoms with Crippen molar-refractivity contribution in [2.45, 2.75) is 31.8 Å². The number of methoxy groups -OCH3 is 1. The van der Waals surface area contributed by atoms with Crippen LogP contribution in [0, 0.1) is 5.92 Å². The van der Waals surface area contributed by atoms with E-state index in [0.717, 1.165) is 12.8 Å². The van der Waals surface area contributed by atoms with Gasteiger partial charge in [-0.25, -0.2) is 4.79 Å². The number of rotatable bonds is 3. The van der Waals surface area contributed by atoms with Gasteiger partial charge >= 0.3 is 5.97 Å². The summed E-state index contributed by atoms with van der Waals surface area (Å²) in [6.45, 7) is 0. The normalized spacial score (nSPS) is 20.5. The standard InChI is InChI=1S/C8H14O3/c1-11-8(10)7(9)5-6-3-2-4-6/h6-7,9H,2-5H2,1H3/t7-/m0/s1. The molecule has 1 saturated carbocycles. The van der Waals surface area contributed by atoms with Crippen molar-refractivity contribution in [3.63, 3.8) is 0 Å². The summed E-state index contributed by atoms with van der Waals surface area (Å²) in [4.78, 5) is 10.7. The van der Waals surface area contributed by atoms with E-state index in [9.17, 15) is 9.90 Å². The molecule has 64 valence electrons. The minimum Gasteiger partial charge on any atom is -0.467 e. The predicted octanol–water partition coefficient (Wildman–Crippen LogP) is 0.710. The van der Waals surface area contributed by atoms with Crippen molar-refractivity contribution in [3.8, 4) is 0 Å². The van der Waals surface area contributed by atoms with E-state index in [1.807, 2.05) is 0 Å². The van der Waals surface area contributed by atoms with Crippen molar-refractivity contribution in [2.24, 2.45) is 5.92 Å². The molecule has 0 spiro atoms. The van der Waals surface area contributed by atoms with Gasteiger partial charge < -0.3 is 9.84 Å². The van der Waals surface area contributed by atoms with Gasteiger partial charge in [0.1, 0.15) is 0 Å². The van der Waals surface area contributed by atoms with Gasteiger partial charge in [0.05, 0.1) is 7.11 Å². The molecular weight excluding hydrogens is 144 g/mol. The average molecular weight is 158 g/mol. The maximum Gasteiger partial charge on any atom is 0.334 e. The largest absolute Gasteiger partial charge is 0.467 e. The Morgan fingerprint density at radius 3 is 2.73 bits per heavy atom. The fourth-order valence-corrected chi connectivity index (χ4v) is 1.28. The summed E-state index contributed by atoms with van der Waals surface area (Å²) in [5.74, 6) is 0.0426. The molecule has 3 heteroatoms. The zero-order valence-electron chi connectivity index (χ0n) is 6.75. The molecule has 1 aliphatic carbocycles. The maximum absolute atomic E-state index is 10.7. The summed E-state index contributed by atoms with van der Waals surface area (Å²) < 4.78 is 4.39. The van der Waals surface area contributed by atoms with E-state index in [0.29, 0.717) is 12.3 Å². The molecule has 0 aliphatic heterocycles. The summed E-state index contributed by atoms with van der Waals surface area (Å²) in [6.07, 6.45) is 3.21. The number of esters is 1. The second-order valence-corrected chi connectivity index (χ2v) is 3.07. The van der Waals surface area contributed by atoms with Crippen molar-refractivity contribution < 1.29 is 14.6 Å². The van der Waals surface area contributed by atoms with Crippen LogP contribution in [0.1, 0.15) is 25.7 Å². The zero-order valence-corrected chi connectivity index (χ0v) is 6.75. The van der Waals surface area contributed by atoms with E-state index in [4.69, 9.17) is 0 Å². The Bertz CT molecular complexity index is 140. The van der Waals surface area contributed by atoms with Crippen LogP contribution in [0.2, 0.25) is 0 Å². The minimum atomic E-state index is -0.898. The zero-order chi connectivity index (χ0) is 8.27. The molecule has 1 rings (SSSR count). The fourth-order valence-electron chi connectivity index (χ4n) is 1.28. The Morgan fingerprint density at radius 1 is 1.73 bits per heavy atom. The van der Waals surface area contributed by atoms with Crippen LogP contribution in [0.5, 0.6) is 0 Å². The Balaban J connectivity index is 2.18. The van der Waals surface area contributed by atoms with Crippen molar-refractivity contribution in [2.75, 3.05) is 7.11 Å². The molecule has 1 atom stereocenters. The quantitative estimate of drug-likeness (QED) is 0.615. The number of carbonyl (C=O) groups is 1. The van der Waals surface area contributed by atoms with Crippen LogP contribution < -0.4 is 0 Å². The van der Waals surface area contributed by atoms with Gasteiger partial charge in [0, 0.05) is 0 Å². The summed E-state index contributed by atoms with van der Waals surface area (Å²) in [6, 6.07) is 0. The third kappa shape index (κ3) is 2.19. The molecule has 0 amide bonds. The van der Waals surface area contributed by atoms with Crippen LogP contribution >= 0.6 is 0 Å². The van der Waals surface area contributed by atoms with Crippen LogP contribution in [0.25, 0.3) is 0 Å². The minimum absolute atomic E-state index is 0.503. The van der Waals surface area contributed by atoms with Gasteiger partial charge in [-0.1, -0.05) is 19.3 Å². The first kappa shape index (κ1) is 8.53. The molecule has 0 radical (unpaired) electrons. The van der Waals surface area contributed by atoms with Gasteiger partial charge in [-0.2, -0.15) is 0 Å². The highest BCUT2D eigenvalue weighted by Crippen LogP contribution is 2.30. The van der Waals surface area contributed by atoms with E-state index >= 15 is 0 Å². The lowest BCUT2D eigenvalue weighted by Gasteiger charge is -2.26. The molecule has 1 fully saturated rings. The molecule has 1 N–H and O–H groups in total. The molecule has 0 aromatic rings. The van der Waals surface area contributed by atoms with Gasteiger partial charge in [-0.15, -0.1) is 0 Å². The van der Waals surface area contributed by atoms with Crippen molar-refractivity contribution in [1.82, 2.24) is 0 Å². The molecule has 0 saturated heterocycles. The van der Waals surface area contributed by atoms with Crippen molar-refractivity contribution in [1.29, 1.82) is 0 Å². The SMILES string of the molecule is COC(=O)[C@@H](O)CC1CCC1. The fraction of sp³-hybridized carbons (Fsp3) is 0.875. The number of ether oxygens (including phenoxy) is 1. The van der Waals surface area contributed by atoms with E-state index in [1.165, 1.54) is 13.5 Å². The van der Waals surface area contributed by atoms with Crippen LogP contribution in [0.3, 0.4) is 0 Å². The molecule has 0 bridgehead atoms. The predicted molar refractivity (Wildman–Crippen MR) is 40.0 cm³/mol. The lowest BCUT2D eigenvalue weighted by molar-refractivity contribution is -0.151. The molecule has 0 heterocycles. The van der Waals surface area contributed by atoms with Crippen LogP contribution in [-0.4, -0.2) is 24.3 Å². The van der Waals surface area contributed by atoms with Crippen LogP contribution in [-0.2, 0) is 9.53 Å². The second-order valence-electron chi connectivity index (χ2n) is 3.07. The highest BCUT2D eigenvalue weighted by atomic mass is 16.5. The number of aliphatic hydroxyl groups is 1. The smallest absolute Gasteiger partial charge is 0.334 e. The van der Waals surface area contributed by atoms with Gasteiger partial charge in [0.2, 0.25) is 0 Å². The van der Waals surface area contributed by atoms with Crippen molar-refractivity contribution >= 4 is 5.97 Å². The summed E-state index contributed by atoms with van der Waals surface area (Å²) in [5.41, 5.74) is 0. The first-order valence-electron chi connectivity index (χ1n) is 4.00. The second kappa shape index (κ2) is 3.72. The summed E-state index contributed by atoms with van der Waals surface area (Å²) in [5, 5.41) is 9.18. The number of aliphatic hydroxyl groups excluding tert-OH is 1. The maximum atomic E-state index is 10.7. The molecule has 0 aromatic heterocycles. The van der Waals surface area contributed by atoms with Gasteiger partial charge in [-0.3, -0.25) is 0 Å². The van der Waals surface area contributed by atoms with E-state index in [-0.39, 0.29) is 0 Å². The lowest BCUT2D eigenvalue weighted by Crippen LogP contribution is -2.27. The van der Waals surface area contributed by atoms with Crippen LogP contribution in [0.15, 0.2) is 0 Å². The summed E-state index contributed by atoms with van der Waals surface area (Å²) >= 11 is 0.